The summed E-state index contributed by atoms with van der Waals surface area (Å²) in [5.74, 6) is -1.67. The molecule has 1 atom stereocenters. The molecule has 0 spiro atoms. The van der Waals surface area contributed by atoms with Gasteiger partial charge in [0, 0.05) is 12.6 Å². The molecule has 1 unspecified atom stereocenters. The molecule has 0 fully saturated rings. The van der Waals surface area contributed by atoms with Gasteiger partial charge in [-0.15, -0.1) is 0 Å². The molecule has 18 heavy (non-hydrogen) atoms. The number of hydrogen-bond donors (Lipinski definition) is 1. The van der Waals surface area contributed by atoms with Crippen LogP contribution in [0, 0.1) is 11.6 Å². The van der Waals surface area contributed by atoms with E-state index >= 15 is 0 Å². The summed E-state index contributed by atoms with van der Waals surface area (Å²) in [6.45, 7) is 2.63. The molecule has 0 aromatic heterocycles. The van der Waals surface area contributed by atoms with E-state index in [1.807, 2.05) is 19.0 Å². The van der Waals surface area contributed by atoms with E-state index in [2.05, 4.69) is 0 Å². The Morgan fingerprint density at radius 3 is 2.28 bits per heavy atom. The Balaban J connectivity index is 2.74. The van der Waals surface area contributed by atoms with E-state index in [4.69, 9.17) is 10.5 Å². The maximum absolute atomic E-state index is 13.7. The fraction of sp³-hybridized carbons (Fsp3) is 0.538. The highest BCUT2D eigenvalue weighted by Crippen LogP contribution is 2.23. The van der Waals surface area contributed by atoms with Crippen molar-refractivity contribution in [2.45, 2.75) is 19.4 Å². The molecule has 0 bridgehead atoms. The van der Waals surface area contributed by atoms with Crippen LogP contribution in [0.4, 0.5) is 8.78 Å². The third-order valence-corrected chi connectivity index (χ3v) is 2.40. The predicted octanol–water partition coefficient (Wildman–Crippen LogP) is 1.79. The lowest BCUT2D eigenvalue weighted by molar-refractivity contribution is 0.242. The van der Waals surface area contributed by atoms with Crippen LogP contribution in [0.1, 0.15) is 12.5 Å². The van der Waals surface area contributed by atoms with Crippen molar-refractivity contribution in [1.29, 1.82) is 0 Å². The Morgan fingerprint density at radius 2 is 1.83 bits per heavy atom. The molecule has 3 nitrogen and oxygen atoms in total. The molecular formula is C13H20F2N2O. The van der Waals surface area contributed by atoms with Gasteiger partial charge in [0.05, 0.1) is 0 Å². The first-order valence-corrected chi connectivity index (χ1v) is 5.91. The lowest BCUT2D eigenvalue weighted by atomic mass is 10.1. The Hall–Kier alpha value is -1.20. The summed E-state index contributed by atoms with van der Waals surface area (Å²) in [6.07, 6.45) is 0.436. The molecule has 0 radical (unpaired) electrons. The largest absolute Gasteiger partial charge is 0.486 e. The van der Waals surface area contributed by atoms with E-state index in [0.717, 1.165) is 0 Å². The van der Waals surface area contributed by atoms with Crippen molar-refractivity contribution >= 4 is 0 Å². The van der Waals surface area contributed by atoms with Crippen molar-refractivity contribution < 1.29 is 13.5 Å². The fourth-order valence-corrected chi connectivity index (χ4v) is 1.57. The first kappa shape index (κ1) is 14.9. The maximum atomic E-state index is 13.7. The molecule has 0 saturated carbocycles. The van der Waals surface area contributed by atoms with Gasteiger partial charge in [0.1, 0.15) is 6.61 Å². The summed E-state index contributed by atoms with van der Waals surface area (Å²) in [7, 11) is 3.73. The molecule has 1 aromatic carbocycles. The van der Waals surface area contributed by atoms with Crippen LogP contribution in [0.5, 0.6) is 5.75 Å². The van der Waals surface area contributed by atoms with Gasteiger partial charge >= 0.3 is 0 Å². The van der Waals surface area contributed by atoms with Crippen LogP contribution in [0.3, 0.4) is 0 Å². The van der Waals surface area contributed by atoms with E-state index in [0.29, 0.717) is 18.5 Å². The second kappa shape index (κ2) is 6.66. The molecule has 0 aliphatic heterocycles. The quantitative estimate of drug-likeness (QED) is 0.845. The predicted molar refractivity (Wildman–Crippen MR) is 67.8 cm³/mol. The third-order valence-electron chi connectivity index (χ3n) is 2.40. The van der Waals surface area contributed by atoms with Crippen LogP contribution >= 0.6 is 0 Å². The standard InChI is InChI=1S/C13H20F2N2O/c1-9(16)6-10-7-11(14)13(12(15)8-10)18-5-4-17(2)3/h7-9H,4-6,16H2,1-3H3. The summed E-state index contributed by atoms with van der Waals surface area (Å²) < 4.78 is 32.4. The number of nitrogens with zero attached hydrogens (tertiary/aromatic N) is 1. The minimum absolute atomic E-state index is 0.135. The molecule has 1 rings (SSSR count). The van der Waals surface area contributed by atoms with E-state index in [1.54, 1.807) is 6.92 Å². The summed E-state index contributed by atoms with van der Waals surface area (Å²) in [5, 5.41) is 0. The van der Waals surface area contributed by atoms with Crippen LogP contribution in [0.2, 0.25) is 0 Å². The average molecular weight is 258 g/mol. The smallest absolute Gasteiger partial charge is 0.190 e. The summed E-state index contributed by atoms with van der Waals surface area (Å²) >= 11 is 0. The van der Waals surface area contributed by atoms with Crippen LogP contribution in [0.15, 0.2) is 12.1 Å². The SMILES string of the molecule is CC(N)Cc1cc(F)c(OCCN(C)C)c(F)c1. The normalized spacial score (nSPS) is 12.8. The first-order chi connectivity index (χ1) is 8.40. The highest BCUT2D eigenvalue weighted by molar-refractivity contribution is 5.31. The number of nitrogens with two attached hydrogens (primary N) is 1. The van der Waals surface area contributed by atoms with Crippen LogP contribution in [-0.4, -0.2) is 38.2 Å². The van der Waals surface area contributed by atoms with Crippen LogP contribution < -0.4 is 10.5 Å². The van der Waals surface area contributed by atoms with Gasteiger partial charge in [-0.3, -0.25) is 0 Å². The lowest BCUT2D eigenvalue weighted by Crippen LogP contribution is -2.20. The van der Waals surface area contributed by atoms with Crippen molar-refractivity contribution in [2.75, 3.05) is 27.2 Å². The monoisotopic (exact) mass is 258 g/mol. The molecule has 0 aliphatic carbocycles. The second-order valence-corrected chi connectivity index (χ2v) is 4.72. The van der Waals surface area contributed by atoms with Crippen molar-refractivity contribution in [3.63, 3.8) is 0 Å². The third kappa shape index (κ3) is 4.58. The van der Waals surface area contributed by atoms with Gasteiger partial charge in [-0.05, 0) is 45.1 Å². The second-order valence-electron chi connectivity index (χ2n) is 4.72. The van der Waals surface area contributed by atoms with Crippen LogP contribution in [-0.2, 0) is 6.42 Å². The van der Waals surface area contributed by atoms with Gasteiger partial charge in [0.25, 0.3) is 0 Å². The number of halogens is 2. The summed E-state index contributed by atoms with van der Waals surface area (Å²) in [4.78, 5) is 1.88. The molecule has 5 heteroatoms. The minimum Gasteiger partial charge on any atom is -0.486 e. The average Bonchev–Trinajstić information content (AvgIpc) is 2.20. The number of hydrogen-bond acceptors (Lipinski definition) is 3. The highest BCUT2D eigenvalue weighted by atomic mass is 19.1. The molecule has 0 aliphatic rings. The highest BCUT2D eigenvalue weighted by Gasteiger charge is 2.13. The molecule has 0 heterocycles. The van der Waals surface area contributed by atoms with E-state index in [1.165, 1.54) is 12.1 Å². The molecule has 1 aromatic rings. The lowest BCUT2D eigenvalue weighted by Gasteiger charge is -2.13. The molecule has 102 valence electrons. The Kier molecular flexibility index (Phi) is 5.50. The number of rotatable bonds is 6. The molecule has 0 amide bonds. The first-order valence-electron chi connectivity index (χ1n) is 5.91. The zero-order valence-electron chi connectivity index (χ0n) is 11.0. The zero-order chi connectivity index (χ0) is 13.7. The van der Waals surface area contributed by atoms with E-state index in [9.17, 15) is 8.78 Å². The van der Waals surface area contributed by atoms with E-state index in [-0.39, 0.29) is 18.4 Å². The number of likely N-dealkylation sites (N-methyl/N-ethyl adjacent to an activating group) is 1. The Morgan fingerprint density at radius 1 is 1.28 bits per heavy atom. The number of ether oxygens (including phenoxy) is 1. The van der Waals surface area contributed by atoms with Crippen molar-refractivity contribution in [2.24, 2.45) is 5.73 Å². The molecule has 0 saturated heterocycles. The van der Waals surface area contributed by atoms with Gasteiger partial charge in [-0.1, -0.05) is 0 Å². The molecular weight excluding hydrogens is 238 g/mol. The van der Waals surface area contributed by atoms with Gasteiger partial charge in [0.2, 0.25) is 0 Å². The van der Waals surface area contributed by atoms with Crippen molar-refractivity contribution in [3.05, 3.63) is 29.3 Å². The topological polar surface area (TPSA) is 38.5 Å². The molecule has 2 N–H and O–H groups in total. The fourth-order valence-electron chi connectivity index (χ4n) is 1.57. The summed E-state index contributed by atoms with van der Waals surface area (Å²) in [6, 6.07) is 2.42. The van der Waals surface area contributed by atoms with Crippen molar-refractivity contribution in [3.8, 4) is 5.75 Å². The van der Waals surface area contributed by atoms with Crippen LogP contribution in [0.25, 0.3) is 0 Å². The Labute approximate surface area is 107 Å². The Bertz CT molecular complexity index is 372. The van der Waals surface area contributed by atoms with Gasteiger partial charge in [-0.25, -0.2) is 8.78 Å². The maximum Gasteiger partial charge on any atom is 0.190 e. The van der Waals surface area contributed by atoms with E-state index < -0.39 is 11.6 Å². The zero-order valence-corrected chi connectivity index (χ0v) is 11.0. The van der Waals surface area contributed by atoms with Gasteiger partial charge < -0.3 is 15.4 Å². The van der Waals surface area contributed by atoms with Gasteiger partial charge in [-0.2, -0.15) is 0 Å². The van der Waals surface area contributed by atoms with Crippen molar-refractivity contribution in [1.82, 2.24) is 4.90 Å². The summed E-state index contributed by atoms with van der Waals surface area (Å²) in [5.41, 5.74) is 6.14. The van der Waals surface area contributed by atoms with Gasteiger partial charge in [0.15, 0.2) is 17.4 Å². The number of benzene rings is 1. The minimum atomic E-state index is -0.676.